The molecule has 0 bridgehead atoms. The zero-order valence-electron chi connectivity index (χ0n) is 57.2. The summed E-state index contributed by atoms with van der Waals surface area (Å²) >= 11 is 17.5. The highest BCUT2D eigenvalue weighted by Gasteiger charge is 2.27. The fourth-order valence-electron chi connectivity index (χ4n) is 7.77. The third-order valence-electron chi connectivity index (χ3n) is 13.8. The first kappa shape index (κ1) is 97.3. The molecule has 0 radical (unpaired) electrons. The number of nitrogen functional groups attached to an aromatic ring is 1. The number of aliphatic hydroxyl groups excluding tert-OH is 1. The van der Waals surface area contributed by atoms with Crippen LogP contribution in [0.3, 0.4) is 0 Å². The molecular formula is C68H98Br2Cl2N12O9S4. The molecule has 1 aliphatic rings. The number of esters is 1. The molecule has 4 aromatic carbocycles. The Morgan fingerprint density at radius 1 is 0.495 bits per heavy atom. The average Bonchev–Trinajstić information content (AvgIpc) is 1.61. The molecule has 9 rings (SSSR count). The molecular weight excluding hydrogens is 1490 g/mol. The van der Waals surface area contributed by atoms with Crippen molar-refractivity contribution in [2.75, 3.05) is 7.11 Å². The normalized spacial score (nSPS) is 11.5. The number of ether oxygens (including phenoxy) is 4. The van der Waals surface area contributed by atoms with Gasteiger partial charge in [0.1, 0.15) is 46.8 Å². The standard InChI is InChI=1S/C17H20N2O3.C16H20N4O2.C15H17BrN2O.C8H9BrO.C7H9ClN2.C4H5ClO.CH4.H4N2.H2O.4H2S/c1-10-11(2)18-13(4)19-16(10)22-12(3)14-6-8-15(9-7-14)17(20)21-5;1-9-10(2)18-12(4)19-16(9)22-11(3)13-5-7-14(8-6-13)15(21)20-17;1-9-10(2)17-12(4)18-15(9)19-11(3)13-5-7-14(16)8-6-13;1-6(10)7-2-4-8(9)5-3-7;1-4-5(2)9-6(3)10-7(4)8;5-4(6)3-1-2-3;;1-2;;;;;/h6-9,12H,1-5H3;5-8,11H,17H2,1-4H3,(H,20,21);5-8,11H,1-4H3;2-6,10H,1H3;1-3H3;3H,1-2H2;1H4;1-2H2;5*1H2/t12-;2*11-;6-;;;;;;;;;/m0000........./s1. The maximum atomic E-state index is 11.4. The van der Waals surface area contributed by atoms with Gasteiger partial charge in [0.25, 0.3) is 5.91 Å². The number of hydrogen-bond donors (Lipinski definition) is 5. The van der Waals surface area contributed by atoms with Crippen molar-refractivity contribution in [1.82, 2.24) is 45.3 Å². The Morgan fingerprint density at radius 2 is 0.773 bits per heavy atom. The molecule has 10 N–H and O–H groups in total. The first-order valence-corrected chi connectivity index (χ1v) is 31.2. The van der Waals surface area contributed by atoms with Crippen LogP contribution in [0.2, 0.25) is 5.15 Å². The SMILES string of the molecule is C.COC(=O)c1ccc([C@H](C)Oc2nc(C)nc(C)c2C)cc1.C[C@H](O)c1ccc(Br)cc1.Cc1nc(C)c(C)c(Cl)n1.Cc1nc(C)c(C)c(O[C@@H](C)c2ccc(Br)cc2)n1.Cc1nc(C)c(C)c(O[C@@H](C)c2ccc(C(=O)NN)cc2)n1.NN.O.O=C(Cl)C1CC1.S.S.S.S. The van der Waals surface area contributed by atoms with E-state index in [1.165, 1.54) is 7.11 Å². The monoisotopic (exact) mass is 1580 g/mol. The number of amides is 1. The summed E-state index contributed by atoms with van der Waals surface area (Å²) in [6.45, 7) is 30.6. The van der Waals surface area contributed by atoms with E-state index in [1.54, 1.807) is 31.2 Å². The van der Waals surface area contributed by atoms with Gasteiger partial charge in [0.15, 0.2) is 0 Å². The second-order valence-electron chi connectivity index (χ2n) is 21.0. The average molecular weight is 1590 g/mol. The van der Waals surface area contributed by atoms with Gasteiger partial charge in [0.2, 0.25) is 22.9 Å². The van der Waals surface area contributed by atoms with Crippen LogP contribution in [0.25, 0.3) is 0 Å². The van der Waals surface area contributed by atoms with Gasteiger partial charge in [-0.3, -0.25) is 26.7 Å². The molecule has 29 heteroatoms. The molecule has 1 saturated carbocycles. The van der Waals surface area contributed by atoms with E-state index in [9.17, 15) is 14.4 Å². The van der Waals surface area contributed by atoms with Crippen LogP contribution in [0.5, 0.6) is 17.6 Å². The minimum atomic E-state index is -0.368. The molecule has 1 aliphatic carbocycles. The maximum absolute atomic E-state index is 11.4. The molecule has 8 aromatic rings. The number of halogens is 4. The Bertz CT molecular complexity index is 3530. The number of aryl methyl sites for hydroxylation is 8. The van der Waals surface area contributed by atoms with Crippen molar-refractivity contribution in [3.8, 4) is 17.6 Å². The summed E-state index contributed by atoms with van der Waals surface area (Å²) in [6.07, 6.45) is 1.25. The number of carbonyl (C=O) groups excluding carboxylic acids is 3. The van der Waals surface area contributed by atoms with Crippen molar-refractivity contribution >= 4 is 126 Å². The van der Waals surface area contributed by atoms with Crippen LogP contribution in [-0.4, -0.2) is 74.7 Å². The van der Waals surface area contributed by atoms with E-state index in [0.717, 1.165) is 101 Å². The Kier molecular flexibility index (Phi) is 48.8. The van der Waals surface area contributed by atoms with Crippen LogP contribution in [0.1, 0.15) is 184 Å². The lowest BCUT2D eigenvalue weighted by Crippen LogP contribution is -2.29. The number of rotatable bonds is 13. The predicted octanol–water partition coefficient (Wildman–Crippen LogP) is 14.6. The second-order valence-corrected chi connectivity index (χ2v) is 23.5. The van der Waals surface area contributed by atoms with Crippen molar-refractivity contribution in [3.63, 3.8) is 0 Å². The summed E-state index contributed by atoms with van der Waals surface area (Å²) in [5.41, 5.74) is 14.7. The summed E-state index contributed by atoms with van der Waals surface area (Å²) in [6, 6.07) is 30.0. The van der Waals surface area contributed by atoms with Crippen LogP contribution in [-0.2, 0) is 9.53 Å². The van der Waals surface area contributed by atoms with E-state index in [4.69, 9.17) is 48.4 Å². The number of hydrogen-bond acceptors (Lipinski definition) is 19. The molecule has 536 valence electrons. The van der Waals surface area contributed by atoms with Crippen LogP contribution in [0, 0.1) is 89.0 Å². The van der Waals surface area contributed by atoms with Gasteiger partial charge in [-0.2, -0.15) is 68.9 Å². The lowest BCUT2D eigenvalue weighted by atomic mass is 10.1. The molecule has 0 spiro atoms. The fraction of sp³-hybridized carbons (Fsp3) is 0.368. The Hall–Kier alpha value is -6.05. The first-order valence-electron chi connectivity index (χ1n) is 28.9. The Morgan fingerprint density at radius 3 is 1.03 bits per heavy atom. The molecule has 4 aromatic heterocycles. The summed E-state index contributed by atoms with van der Waals surface area (Å²) < 4.78 is 24.7. The van der Waals surface area contributed by atoms with Crippen molar-refractivity contribution in [1.29, 1.82) is 0 Å². The van der Waals surface area contributed by atoms with Crippen LogP contribution < -0.4 is 37.2 Å². The van der Waals surface area contributed by atoms with Gasteiger partial charge < -0.3 is 29.5 Å². The molecule has 4 heterocycles. The number of nitrogens with zero attached hydrogens (tertiary/aromatic N) is 8. The molecule has 1 fully saturated rings. The lowest BCUT2D eigenvalue weighted by Gasteiger charge is -2.17. The predicted molar refractivity (Wildman–Crippen MR) is 416 cm³/mol. The van der Waals surface area contributed by atoms with E-state index in [1.807, 2.05) is 177 Å². The van der Waals surface area contributed by atoms with E-state index in [0.29, 0.717) is 45.6 Å². The smallest absolute Gasteiger partial charge is 0.337 e. The minimum absolute atomic E-state index is 0. The summed E-state index contributed by atoms with van der Waals surface area (Å²) in [5, 5.41) is 9.50. The summed E-state index contributed by atoms with van der Waals surface area (Å²) in [7, 11) is 1.37. The van der Waals surface area contributed by atoms with Crippen molar-refractivity contribution in [2.24, 2.45) is 23.4 Å². The van der Waals surface area contributed by atoms with Gasteiger partial charge in [-0.1, -0.05) is 99.4 Å². The highest BCUT2D eigenvalue weighted by Crippen LogP contribution is 2.31. The molecule has 4 atom stereocenters. The minimum Gasteiger partial charge on any atom is -0.469 e. The zero-order valence-corrected chi connectivity index (χ0v) is 65.8. The Balaban J connectivity index is -0.000000547. The molecule has 1 amide bonds. The van der Waals surface area contributed by atoms with Gasteiger partial charge in [0.05, 0.1) is 18.8 Å². The topological polar surface area (TPSA) is 333 Å². The van der Waals surface area contributed by atoms with Gasteiger partial charge >= 0.3 is 5.97 Å². The number of carbonyl (C=O) groups is 3. The van der Waals surface area contributed by atoms with Crippen LogP contribution >= 0.6 is 109 Å². The molecule has 0 aliphatic heterocycles. The van der Waals surface area contributed by atoms with E-state index in [-0.39, 0.29) is 114 Å². The molecule has 0 unspecified atom stereocenters. The highest BCUT2D eigenvalue weighted by atomic mass is 79.9. The van der Waals surface area contributed by atoms with Gasteiger partial charge in [0, 0.05) is 65.5 Å². The zero-order chi connectivity index (χ0) is 68.4. The van der Waals surface area contributed by atoms with E-state index < -0.39 is 0 Å². The maximum Gasteiger partial charge on any atom is 0.337 e. The molecule has 97 heavy (non-hydrogen) atoms. The summed E-state index contributed by atoms with van der Waals surface area (Å²) in [4.78, 5) is 67.0. The van der Waals surface area contributed by atoms with Crippen molar-refractivity contribution < 1.29 is 43.9 Å². The number of methoxy groups -OCH3 is 1. The third-order valence-corrected chi connectivity index (χ3v) is 15.6. The number of nitrogens with two attached hydrogens (primary N) is 3. The van der Waals surface area contributed by atoms with E-state index in [2.05, 4.69) is 93.6 Å². The van der Waals surface area contributed by atoms with Crippen molar-refractivity contribution in [2.45, 2.75) is 155 Å². The second kappa shape index (κ2) is 48.6. The van der Waals surface area contributed by atoms with E-state index >= 15 is 0 Å². The number of nitrogens with one attached hydrogen (secondary N) is 1. The van der Waals surface area contributed by atoms with Crippen LogP contribution in [0.15, 0.2) is 106 Å². The van der Waals surface area contributed by atoms with Crippen molar-refractivity contribution in [3.05, 3.63) is 213 Å². The van der Waals surface area contributed by atoms with Crippen LogP contribution in [0.4, 0.5) is 0 Å². The lowest BCUT2D eigenvalue weighted by molar-refractivity contribution is -0.112. The highest BCUT2D eigenvalue weighted by molar-refractivity contribution is 9.10. The first-order chi connectivity index (χ1) is 42.9. The molecule has 0 saturated heterocycles. The molecule has 21 nitrogen and oxygen atoms in total. The Labute approximate surface area is 627 Å². The number of aromatic nitrogens is 8. The third kappa shape index (κ3) is 33.1. The van der Waals surface area contributed by atoms with Gasteiger partial charge in [-0.15, -0.1) is 0 Å². The largest absolute Gasteiger partial charge is 0.469 e. The quantitative estimate of drug-likeness (QED) is 0.0179. The van der Waals surface area contributed by atoms with Gasteiger partial charge in [-0.25, -0.2) is 35.6 Å². The number of aliphatic hydroxyl groups is 1. The fourth-order valence-corrected chi connectivity index (χ4v) is 8.78. The number of hydrazine groups is 2. The van der Waals surface area contributed by atoms with Gasteiger partial charge in [-0.05, 0) is 206 Å². The number of benzene rings is 4. The summed E-state index contributed by atoms with van der Waals surface area (Å²) in [5.74, 6) is 17.3.